The van der Waals surface area contributed by atoms with Crippen LogP contribution in [0, 0.1) is 12.7 Å². The number of hydrogen-bond acceptors (Lipinski definition) is 5. The van der Waals surface area contributed by atoms with Crippen molar-refractivity contribution in [2.24, 2.45) is 0 Å². The fourth-order valence-electron chi connectivity index (χ4n) is 4.69. The van der Waals surface area contributed by atoms with Crippen molar-refractivity contribution in [3.63, 3.8) is 0 Å². The monoisotopic (exact) mass is 439 g/mol. The van der Waals surface area contributed by atoms with Gasteiger partial charge >= 0.3 is 0 Å². The van der Waals surface area contributed by atoms with E-state index in [1.165, 1.54) is 16.2 Å². The van der Waals surface area contributed by atoms with Crippen LogP contribution in [0.15, 0.2) is 24.0 Å². The first-order chi connectivity index (χ1) is 15.0. The summed E-state index contributed by atoms with van der Waals surface area (Å²) in [5, 5.41) is 5.02. The van der Waals surface area contributed by atoms with Crippen molar-refractivity contribution >= 4 is 28.3 Å². The predicted molar refractivity (Wildman–Crippen MR) is 114 cm³/mol. The first kappa shape index (κ1) is 19.9. The lowest BCUT2D eigenvalue weighted by Gasteiger charge is -2.26. The van der Waals surface area contributed by atoms with Crippen molar-refractivity contribution in [2.75, 3.05) is 5.32 Å². The lowest BCUT2D eigenvalue weighted by molar-refractivity contribution is -0.121. The van der Waals surface area contributed by atoms with Crippen LogP contribution in [0.1, 0.15) is 57.8 Å². The molecule has 2 aliphatic heterocycles. The third-order valence-electron chi connectivity index (χ3n) is 6.11. The number of thiazole rings is 1. The summed E-state index contributed by atoms with van der Waals surface area (Å²) in [7, 11) is 0. The molecule has 1 atom stereocenters. The molecule has 9 heteroatoms. The fraction of sp³-hybridized carbons (Fsp3) is 0.364. The number of aromatic nitrogens is 3. The van der Waals surface area contributed by atoms with Crippen LogP contribution in [0.5, 0.6) is 0 Å². The van der Waals surface area contributed by atoms with Crippen molar-refractivity contribution in [2.45, 2.75) is 52.2 Å². The molecule has 0 saturated carbocycles. The molecule has 4 heterocycles. The Hall–Kier alpha value is -3.07. The van der Waals surface area contributed by atoms with E-state index in [2.05, 4.69) is 15.3 Å². The summed E-state index contributed by atoms with van der Waals surface area (Å²) >= 11 is 1.30. The van der Waals surface area contributed by atoms with Gasteiger partial charge in [0.25, 0.3) is 11.8 Å². The second kappa shape index (κ2) is 7.56. The molecule has 1 aromatic carbocycles. The van der Waals surface area contributed by atoms with Gasteiger partial charge in [-0.05, 0) is 42.9 Å². The number of nitrogens with one attached hydrogen (secondary N) is 1. The fourth-order valence-corrected chi connectivity index (χ4v) is 5.22. The molecular weight excluding hydrogens is 417 g/mol. The summed E-state index contributed by atoms with van der Waals surface area (Å²) in [6.07, 6.45) is 5.58. The number of aryl methyl sites for hydroxylation is 2. The first-order valence-electron chi connectivity index (χ1n) is 10.4. The number of carbonyl (C=O) groups excluding carboxylic acids is 2. The van der Waals surface area contributed by atoms with Gasteiger partial charge in [-0.2, -0.15) is 0 Å². The Balaban J connectivity index is 1.57. The quantitative estimate of drug-likeness (QED) is 0.658. The average Bonchev–Trinajstić information content (AvgIpc) is 3.50. The molecule has 2 aromatic heterocycles. The van der Waals surface area contributed by atoms with Gasteiger partial charge in [-0.25, -0.2) is 14.4 Å². The lowest BCUT2D eigenvalue weighted by atomic mass is 9.98. The Morgan fingerprint density at radius 1 is 1.39 bits per heavy atom. The molecule has 0 radical (unpaired) electrons. The molecule has 5 rings (SSSR count). The molecule has 1 N–H and O–H groups in total. The zero-order valence-corrected chi connectivity index (χ0v) is 18.1. The second-order valence-corrected chi connectivity index (χ2v) is 8.80. The van der Waals surface area contributed by atoms with Gasteiger partial charge in [0, 0.05) is 30.4 Å². The zero-order chi connectivity index (χ0) is 21.7. The van der Waals surface area contributed by atoms with E-state index in [1.54, 1.807) is 17.9 Å². The second-order valence-electron chi connectivity index (χ2n) is 7.91. The van der Waals surface area contributed by atoms with E-state index in [-0.39, 0.29) is 12.1 Å². The maximum Gasteiger partial charge on any atom is 0.258 e. The Labute approximate surface area is 182 Å². The van der Waals surface area contributed by atoms with E-state index < -0.39 is 23.7 Å². The smallest absolute Gasteiger partial charge is 0.258 e. The molecule has 3 aromatic rings. The summed E-state index contributed by atoms with van der Waals surface area (Å²) in [6, 6.07) is 0.908. The molecule has 7 nitrogen and oxygen atoms in total. The van der Waals surface area contributed by atoms with Crippen LogP contribution in [0.4, 0.5) is 9.52 Å². The zero-order valence-electron chi connectivity index (χ0n) is 17.3. The number of imidazole rings is 1. The van der Waals surface area contributed by atoms with Gasteiger partial charge in [-0.15, -0.1) is 11.3 Å². The molecule has 160 valence electrons. The van der Waals surface area contributed by atoms with Gasteiger partial charge in [-0.3, -0.25) is 14.9 Å². The van der Waals surface area contributed by atoms with Gasteiger partial charge in [-0.1, -0.05) is 13.0 Å². The van der Waals surface area contributed by atoms with Crippen LogP contribution in [-0.4, -0.2) is 31.2 Å². The normalized spacial score (nSPS) is 15.8. The molecule has 0 aliphatic carbocycles. The first-order valence-corrected chi connectivity index (χ1v) is 11.2. The number of fused-ring (bicyclic) bond motifs is 2. The topological polar surface area (TPSA) is 80.1 Å². The highest BCUT2D eigenvalue weighted by molar-refractivity contribution is 7.13. The highest BCUT2D eigenvalue weighted by Gasteiger charge is 2.42. The Morgan fingerprint density at radius 3 is 2.97 bits per heavy atom. The maximum atomic E-state index is 15.2. The molecule has 1 unspecified atom stereocenters. The Morgan fingerprint density at radius 2 is 2.23 bits per heavy atom. The molecule has 31 heavy (non-hydrogen) atoms. The van der Waals surface area contributed by atoms with Gasteiger partial charge in [0.1, 0.15) is 5.82 Å². The van der Waals surface area contributed by atoms with E-state index in [4.69, 9.17) is 0 Å². The van der Waals surface area contributed by atoms with E-state index in [0.717, 1.165) is 30.6 Å². The number of anilines is 1. The molecule has 2 aliphatic rings. The Kier molecular flexibility index (Phi) is 4.85. The number of carbonyl (C=O) groups is 2. The largest absolute Gasteiger partial charge is 0.334 e. The van der Waals surface area contributed by atoms with E-state index in [0.29, 0.717) is 28.4 Å². The van der Waals surface area contributed by atoms with Crippen LogP contribution >= 0.6 is 11.3 Å². The van der Waals surface area contributed by atoms with Gasteiger partial charge in [0.2, 0.25) is 0 Å². The van der Waals surface area contributed by atoms with Gasteiger partial charge in [0.15, 0.2) is 11.2 Å². The van der Waals surface area contributed by atoms with Crippen molar-refractivity contribution < 1.29 is 14.0 Å². The van der Waals surface area contributed by atoms with Gasteiger partial charge in [0.05, 0.1) is 17.6 Å². The van der Waals surface area contributed by atoms with Crippen molar-refractivity contribution in [3.8, 4) is 0 Å². The highest BCUT2D eigenvalue weighted by Crippen LogP contribution is 2.37. The third kappa shape index (κ3) is 3.15. The Bertz CT molecular complexity index is 1190. The molecule has 2 amide bonds. The van der Waals surface area contributed by atoms with Crippen molar-refractivity contribution in [1.82, 2.24) is 19.4 Å². The summed E-state index contributed by atoms with van der Waals surface area (Å²) in [5.41, 5.74) is 3.56. The van der Waals surface area contributed by atoms with Crippen molar-refractivity contribution in [3.05, 3.63) is 63.4 Å². The van der Waals surface area contributed by atoms with Crippen molar-refractivity contribution in [1.29, 1.82) is 0 Å². The number of amides is 2. The minimum Gasteiger partial charge on any atom is -0.334 e. The summed E-state index contributed by atoms with van der Waals surface area (Å²) in [6.45, 7) is 4.72. The van der Waals surface area contributed by atoms with E-state index >= 15 is 4.39 Å². The maximum absolute atomic E-state index is 15.2. The lowest BCUT2D eigenvalue weighted by Crippen LogP contribution is -2.38. The third-order valence-corrected chi connectivity index (χ3v) is 6.80. The summed E-state index contributed by atoms with van der Waals surface area (Å²) in [4.78, 5) is 36.9. The number of hydrogen-bond donors (Lipinski definition) is 1. The summed E-state index contributed by atoms with van der Waals surface area (Å²) in [5.74, 6) is -1.34. The number of benzene rings is 1. The number of halogens is 1. The molecule has 0 bridgehead atoms. The predicted octanol–water partition coefficient (Wildman–Crippen LogP) is 3.63. The van der Waals surface area contributed by atoms with Crippen LogP contribution in [0.25, 0.3) is 0 Å². The summed E-state index contributed by atoms with van der Waals surface area (Å²) < 4.78 is 17.2. The van der Waals surface area contributed by atoms with Crippen LogP contribution in [-0.2, 0) is 30.7 Å². The van der Waals surface area contributed by atoms with E-state index in [1.807, 2.05) is 24.5 Å². The molecule has 0 saturated heterocycles. The van der Waals surface area contributed by atoms with Gasteiger partial charge < -0.3 is 9.47 Å². The number of rotatable bonds is 5. The average molecular weight is 440 g/mol. The number of nitrogens with zero attached hydrogens (tertiary/aromatic N) is 4. The molecule has 0 spiro atoms. The van der Waals surface area contributed by atoms with Crippen LogP contribution in [0.2, 0.25) is 0 Å². The van der Waals surface area contributed by atoms with Crippen LogP contribution in [0.3, 0.4) is 0 Å². The van der Waals surface area contributed by atoms with E-state index in [9.17, 15) is 9.59 Å². The SMILES string of the molecule is CCc1c(C)cc2c(c1F)C(=O)N(C(C(=O)Nc1nccs1)c1ncn3c1CCC3)C2. The molecular formula is C22H22FN5O2S. The standard InChI is InChI=1S/C22H22FN5O2S/c1-3-14-12(2)9-13-10-28(21(30)16(13)17(14)23)19(20(29)26-22-24-6-8-31-22)18-15-5-4-7-27(15)11-25-18/h6,8-9,11,19H,3-5,7,10H2,1-2H3,(H,24,26,29). The minimum absolute atomic E-state index is 0.0744. The molecule has 0 fully saturated rings. The highest BCUT2D eigenvalue weighted by atomic mass is 32.1. The minimum atomic E-state index is -0.956. The van der Waals surface area contributed by atoms with Crippen LogP contribution < -0.4 is 5.32 Å².